The van der Waals surface area contributed by atoms with Crippen molar-refractivity contribution < 1.29 is 4.79 Å². The van der Waals surface area contributed by atoms with Crippen LogP contribution in [0.2, 0.25) is 0 Å². The van der Waals surface area contributed by atoms with Gasteiger partial charge in [-0.3, -0.25) is 9.79 Å². The van der Waals surface area contributed by atoms with E-state index >= 15 is 0 Å². The summed E-state index contributed by atoms with van der Waals surface area (Å²) in [4.78, 5) is 21.1. The Hall–Kier alpha value is -0.570. The standard InChI is InChI=1S/C20H41N5O.HI/c1-5-21-20(23-14-10-19(26)25(6-2)7-3)22-13-8-9-15-24-16-11-18(4)12-17-24;/h18H,5-17H2,1-4H3,(H2,21,22,23);1H. The summed E-state index contributed by atoms with van der Waals surface area (Å²) in [5.74, 6) is 1.93. The molecule has 1 heterocycles. The van der Waals surface area contributed by atoms with Crippen molar-refractivity contribution in [3.8, 4) is 0 Å². The van der Waals surface area contributed by atoms with Crippen LogP contribution >= 0.6 is 24.0 Å². The lowest BCUT2D eigenvalue weighted by atomic mass is 9.99. The molecule has 0 bridgehead atoms. The van der Waals surface area contributed by atoms with Gasteiger partial charge in [-0.05, 0) is 72.0 Å². The molecule has 1 fully saturated rings. The van der Waals surface area contributed by atoms with Crippen LogP contribution in [0, 0.1) is 5.92 Å². The molecule has 0 aromatic carbocycles. The molecule has 0 aromatic heterocycles. The molecule has 0 aromatic rings. The fourth-order valence-corrected chi connectivity index (χ4v) is 3.29. The van der Waals surface area contributed by atoms with Crippen LogP contribution in [-0.2, 0) is 4.79 Å². The van der Waals surface area contributed by atoms with E-state index in [-0.39, 0.29) is 29.9 Å². The van der Waals surface area contributed by atoms with E-state index in [1.807, 2.05) is 18.7 Å². The number of guanidine groups is 1. The first-order chi connectivity index (χ1) is 12.6. The number of aliphatic imine (C=N–C) groups is 1. The number of carbonyl (C=O) groups is 1. The zero-order chi connectivity index (χ0) is 19.2. The first-order valence-corrected chi connectivity index (χ1v) is 10.6. The minimum atomic E-state index is 0. The number of nitrogens with one attached hydrogen (secondary N) is 2. The molecule has 0 radical (unpaired) electrons. The highest BCUT2D eigenvalue weighted by molar-refractivity contribution is 14.0. The summed E-state index contributed by atoms with van der Waals surface area (Å²) in [6, 6.07) is 0. The maximum absolute atomic E-state index is 12.0. The molecular formula is C20H42IN5O. The van der Waals surface area contributed by atoms with Crippen LogP contribution in [0.25, 0.3) is 0 Å². The number of hydrogen-bond acceptors (Lipinski definition) is 3. The molecule has 1 saturated heterocycles. The van der Waals surface area contributed by atoms with Crippen molar-refractivity contribution in [1.82, 2.24) is 20.4 Å². The molecule has 6 nitrogen and oxygen atoms in total. The minimum absolute atomic E-state index is 0. The van der Waals surface area contributed by atoms with Crippen molar-refractivity contribution in [3.63, 3.8) is 0 Å². The molecule has 0 spiro atoms. The second-order valence-corrected chi connectivity index (χ2v) is 7.23. The van der Waals surface area contributed by atoms with E-state index in [0.717, 1.165) is 44.5 Å². The van der Waals surface area contributed by atoms with Gasteiger partial charge >= 0.3 is 0 Å². The Bertz CT molecular complexity index is 407. The van der Waals surface area contributed by atoms with Crippen LogP contribution in [0.1, 0.15) is 59.8 Å². The smallest absolute Gasteiger partial charge is 0.224 e. The molecule has 1 rings (SSSR count). The molecule has 1 amide bonds. The highest BCUT2D eigenvalue weighted by Crippen LogP contribution is 2.16. The van der Waals surface area contributed by atoms with Gasteiger partial charge < -0.3 is 20.4 Å². The Morgan fingerprint density at radius 2 is 1.78 bits per heavy atom. The summed E-state index contributed by atoms with van der Waals surface area (Å²) in [6.07, 6.45) is 5.52. The van der Waals surface area contributed by atoms with E-state index in [1.165, 1.54) is 38.9 Å². The van der Waals surface area contributed by atoms with E-state index in [0.29, 0.717) is 13.0 Å². The molecule has 0 saturated carbocycles. The summed E-state index contributed by atoms with van der Waals surface area (Å²) >= 11 is 0. The Kier molecular flexibility index (Phi) is 16.0. The number of likely N-dealkylation sites (tertiary alicyclic amines) is 1. The third-order valence-electron chi connectivity index (χ3n) is 5.12. The van der Waals surface area contributed by atoms with E-state index < -0.39 is 0 Å². The summed E-state index contributed by atoms with van der Waals surface area (Å²) in [5.41, 5.74) is 0. The number of rotatable bonds is 11. The first kappa shape index (κ1) is 26.4. The van der Waals surface area contributed by atoms with Gasteiger partial charge in [0.1, 0.15) is 0 Å². The number of hydrogen-bond donors (Lipinski definition) is 2. The highest BCUT2D eigenvalue weighted by Gasteiger charge is 2.14. The largest absolute Gasteiger partial charge is 0.357 e. The van der Waals surface area contributed by atoms with Crippen molar-refractivity contribution in [2.75, 3.05) is 52.4 Å². The van der Waals surface area contributed by atoms with Crippen molar-refractivity contribution in [2.24, 2.45) is 10.9 Å². The average Bonchev–Trinajstić information content (AvgIpc) is 2.64. The fraction of sp³-hybridized carbons (Fsp3) is 0.900. The zero-order valence-corrected chi connectivity index (χ0v) is 20.3. The third-order valence-corrected chi connectivity index (χ3v) is 5.12. The molecule has 1 aliphatic heterocycles. The quantitative estimate of drug-likeness (QED) is 0.200. The monoisotopic (exact) mass is 495 g/mol. The van der Waals surface area contributed by atoms with Gasteiger partial charge in [0.15, 0.2) is 5.96 Å². The van der Waals surface area contributed by atoms with E-state index in [1.54, 1.807) is 0 Å². The van der Waals surface area contributed by atoms with Crippen molar-refractivity contribution in [2.45, 2.75) is 59.8 Å². The van der Waals surface area contributed by atoms with Gasteiger partial charge in [-0.15, -0.1) is 24.0 Å². The number of halogens is 1. The number of piperidine rings is 1. The molecule has 0 unspecified atom stereocenters. The van der Waals surface area contributed by atoms with Gasteiger partial charge in [0.05, 0.1) is 0 Å². The van der Waals surface area contributed by atoms with E-state index in [4.69, 9.17) is 0 Å². The Morgan fingerprint density at radius 1 is 1.11 bits per heavy atom. The van der Waals surface area contributed by atoms with Crippen molar-refractivity contribution in [3.05, 3.63) is 0 Å². The Balaban J connectivity index is 0.00000676. The number of carbonyl (C=O) groups excluding carboxylic acids is 1. The molecule has 7 heteroatoms. The lowest BCUT2D eigenvalue weighted by molar-refractivity contribution is -0.130. The summed E-state index contributed by atoms with van der Waals surface area (Å²) < 4.78 is 0. The zero-order valence-electron chi connectivity index (χ0n) is 17.9. The van der Waals surface area contributed by atoms with Crippen LogP contribution in [-0.4, -0.2) is 74.0 Å². The van der Waals surface area contributed by atoms with Crippen LogP contribution < -0.4 is 10.6 Å². The number of nitrogens with zero attached hydrogens (tertiary/aromatic N) is 3. The lowest BCUT2D eigenvalue weighted by Gasteiger charge is -2.30. The Morgan fingerprint density at radius 3 is 2.37 bits per heavy atom. The maximum atomic E-state index is 12.0. The second-order valence-electron chi connectivity index (χ2n) is 7.23. The number of amides is 1. The fourth-order valence-electron chi connectivity index (χ4n) is 3.29. The second kappa shape index (κ2) is 16.4. The predicted molar refractivity (Wildman–Crippen MR) is 126 cm³/mol. The van der Waals surface area contributed by atoms with Gasteiger partial charge in [-0.2, -0.15) is 0 Å². The lowest BCUT2D eigenvalue weighted by Crippen LogP contribution is -2.40. The van der Waals surface area contributed by atoms with Crippen molar-refractivity contribution >= 4 is 35.8 Å². The minimum Gasteiger partial charge on any atom is -0.357 e. The van der Waals surface area contributed by atoms with E-state index in [2.05, 4.69) is 34.4 Å². The van der Waals surface area contributed by atoms with E-state index in [9.17, 15) is 4.79 Å². The molecule has 27 heavy (non-hydrogen) atoms. The Labute approximate surface area is 183 Å². The molecule has 1 aliphatic rings. The van der Waals surface area contributed by atoms with Crippen LogP contribution in [0.5, 0.6) is 0 Å². The summed E-state index contributed by atoms with van der Waals surface area (Å²) in [7, 11) is 0. The van der Waals surface area contributed by atoms with Gasteiger partial charge in [-0.1, -0.05) is 6.92 Å². The maximum Gasteiger partial charge on any atom is 0.224 e. The van der Waals surface area contributed by atoms with Crippen LogP contribution in [0.3, 0.4) is 0 Å². The molecule has 0 aliphatic carbocycles. The normalized spacial score (nSPS) is 15.9. The molecule has 0 atom stereocenters. The topological polar surface area (TPSA) is 60.0 Å². The summed E-state index contributed by atoms with van der Waals surface area (Å²) in [6.45, 7) is 16.0. The average molecular weight is 495 g/mol. The predicted octanol–water partition coefficient (Wildman–Crippen LogP) is 2.93. The first-order valence-electron chi connectivity index (χ1n) is 10.6. The van der Waals surface area contributed by atoms with Gasteiger partial charge in [0, 0.05) is 39.1 Å². The third kappa shape index (κ3) is 11.8. The van der Waals surface area contributed by atoms with Crippen molar-refractivity contribution in [1.29, 1.82) is 0 Å². The van der Waals surface area contributed by atoms with Gasteiger partial charge in [-0.25, -0.2) is 0 Å². The van der Waals surface area contributed by atoms with Gasteiger partial charge in [0.25, 0.3) is 0 Å². The van der Waals surface area contributed by atoms with Crippen LogP contribution in [0.15, 0.2) is 4.99 Å². The highest BCUT2D eigenvalue weighted by atomic mass is 127. The molecular weight excluding hydrogens is 453 g/mol. The van der Waals surface area contributed by atoms with Crippen LogP contribution in [0.4, 0.5) is 0 Å². The molecule has 2 N–H and O–H groups in total. The van der Waals surface area contributed by atoms with Gasteiger partial charge in [0.2, 0.25) is 5.91 Å². The summed E-state index contributed by atoms with van der Waals surface area (Å²) in [5, 5.41) is 6.54. The molecule has 160 valence electrons. The number of unbranched alkanes of at least 4 members (excludes halogenated alkanes) is 1. The SMILES string of the molecule is CCNC(=NCCCCN1CCC(C)CC1)NCCC(=O)N(CC)CC.I.